The number of aromatic hydroxyl groups is 2. The quantitative estimate of drug-likeness (QED) is 0.775. The molecule has 2 fully saturated rings. The molecule has 1 atom stereocenters. The van der Waals surface area contributed by atoms with Crippen LogP contribution in [0, 0.1) is 0 Å². The lowest BCUT2D eigenvalue weighted by atomic mass is 10.0. The van der Waals surface area contributed by atoms with Crippen LogP contribution in [0.25, 0.3) is 0 Å². The molecule has 5 nitrogen and oxygen atoms in total. The summed E-state index contributed by atoms with van der Waals surface area (Å²) in [4.78, 5) is 16.4. The minimum Gasteiger partial charge on any atom is -0.507 e. The summed E-state index contributed by atoms with van der Waals surface area (Å²) in [6, 6.07) is 9.85. The highest BCUT2D eigenvalue weighted by molar-refractivity contribution is 6.32. The first kappa shape index (κ1) is 19.9. The summed E-state index contributed by atoms with van der Waals surface area (Å²) < 4.78 is 25.9. The van der Waals surface area contributed by atoms with E-state index >= 15 is 0 Å². The molecule has 2 aromatic carbocycles. The molecule has 2 aliphatic heterocycles. The Labute approximate surface area is 172 Å². The summed E-state index contributed by atoms with van der Waals surface area (Å²) in [5, 5.41) is 19.6. The summed E-state index contributed by atoms with van der Waals surface area (Å²) >= 11 is 5.90. The third kappa shape index (κ3) is 4.02. The molecular formula is C21H21ClF2N2O3. The first-order valence-corrected chi connectivity index (χ1v) is 9.83. The Bertz CT molecular complexity index is 928. The zero-order valence-corrected chi connectivity index (χ0v) is 16.4. The molecule has 154 valence electrons. The molecule has 2 N–H and O–H groups in total. The van der Waals surface area contributed by atoms with E-state index in [0.717, 1.165) is 30.0 Å². The lowest BCUT2D eigenvalue weighted by Gasteiger charge is -2.38. The van der Waals surface area contributed by atoms with Crippen LogP contribution in [0.1, 0.15) is 40.4 Å². The number of alkyl halides is 2. The molecule has 2 saturated heterocycles. The van der Waals surface area contributed by atoms with Crippen molar-refractivity contribution < 1.29 is 23.8 Å². The largest absolute Gasteiger partial charge is 0.507 e. The second-order valence-corrected chi connectivity index (χ2v) is 8.13. The van der Waals surface area contributed by atoms with E-state index in [1.807, 2.05) is 24.3 Å². The van der Waals surface area contributed by atoms with Gasteiger partial charge < -0.3 is 15.1 Å². The number of halogens is 3. The van der Waals surface area contributed by atoms with E-state index in [-0.39, 0.29) is 47.1 Å². The van der Waals surface area contributed by atoms with Gasteiger partial charge in [0.15, 0.2) is 0 Å². The fourth-order valence-corrected chi connectivity index (χ4v) is 4.22. The zero-order chi connectivity index (χ0) is 20.8. The first-order valence-electron chi connectivity index (χ1n) is 9.45. The van der Waals surface area contributed by atoms with Gasteiger partial charge in [0.2, 0.25) is 0 Å². The summed E-state index contributed by atoms with van der Waals surface area (Å²) in [7, 11) is 0. The van der Waals surface area contributed by atoms with Gasteiger partial charge in [0, 0.05) is 19.2 Å². The lowest BCUT2D eigenvalue weighted by molar-refractivity contribution is -0.133. The Balaban J connectivity index is 1.48. The Kier molecular flexibility index (Phi) is 5.12. The van der Waals surface area contributed by atoms with Crippen LogP contribution in [0.3, 0.4) is 0 Å². The van der Waals surface area contributed by atoms with Crippen LogP contribution in [-0.4, -0.2) is 51.5 Å². The van der Waals surface area contributed by atoms with E-state index in [1.54, 1.807) is 9.80 Å². The molecular weight excluding hydrogens is 402 g/mol. The van der Waals surface area contributed by atoms with E-state index in [1.165, 1.54) is 6.07 Å². The molecule has 2 heterocycles. The SMILES string of the molecule is O=C(c1cc(Cl)c(O)cc1O)N1CCCC1c1ccc(CN2CC(F)(F)C2)cc1. The van der Waals surface area contributed by atoms with Gasteiger partial charge in [0.05, 0.1) is 29.7 Å². The van der Waals surface area contributed by atoms with E-state index in [2.05, 4.69) is 0 Å². The minimum absolute atomic E-state index is 0.00261. The first-order chi connectivity index (χ1) is 13.7. The maximum Gasteiger partial charge on any atom is 0.272 e. The Morgan fingerprint density at radius 2 is 1.83 bits per heavy atom. The number of carbonyl (C=O) groups excluding carboxylic acids is 1. The molecule has 2 aromatic rings. The zero-order valence-electron chi connectivity index (χ0n) is 15.6. The molecule has 0 spiro atoms. The van der Waals surface area contributed by atoms with Crippen molar-refractivity contribution in [3.05, 3.63) is 58.1 Å². The molecule has 29 heavy (non-hydrogen) atoms. The highest BCUT2D eigenvalue weighted by Gasteiger charge is 2.43. The van der Waals surface area contributed by atoms with Crippen LogP contribution in [0.4, 0.5) is 8.78 Å². The maximum absolute atomic E-state index is 13.0. The number of benzene rings is 2. The number of phenols is 2. The van der Waals surface area contributed by atoms with E-state index in [0.29, 0.717) is 13.1 Å². The van der Waals surface area contributed by atoms with Crippen molar-refractivity contribution in [2.45, 2.75) is 31.4 Å². The van der Waals surface area contributed by atoms with Crippen LogP contribution in [-0.2, 0) is 6.54 Å². The number of hydrogen-bond donors (Lipinski definition) is 2. The Morgan fingerprint density at radius 3 is 2.48 bits per heavy atom. The molecule has 8 heteroatoms. The third-order valence-electron chi connectivity index (χ3n) is 5.49. The van der Waals surface area contributed by atoms with Crippen molar-refractivity contribution in [1.29, 1.82) is 0 Å². The van der Waals surface area contributed by atoms with Gasteiger partial charge in [0.25, 0.3) is 11.8 Å². The maximum atomic E-state index is 13.0. The Morgan fingerprint density at radius 1 is 1.14 bits per heavy atom. The van der Waals surface area contributed by atoms with Crippen molar-refractivity contribution in [1.82, 2.24) is 9.80 Å². The van der Waals surface area contributed by atoms with E-state index in [9.17, 15) is 23.8 Å². The van der Waals surface area contributed by atoms with E-state index < -0.39 is 5.92 Å². The number of rotatable bonds is 4. The summed E-state index contributed by atoms with van der Waals surface area (Å²) in [6.07, 6.45) is 1.61. The highest BCUT2D eigenvalue weighted by atomic mass is 35.5. The number of amides is 1. The molecule has 0 saturated carbocycles. The highest BCUT2D eigenvalue weighted by Crippen LogP contribution is 2.37. The average molecular weight is 423 g/mol. The van der Waals surface area contributed by atoms with Crippen LogP contribution in [0.2, 0.25) is 5.02 Å². The minimum atomic E-state index is -2.58. The smallest absolute Gasteiger partial charge is 0.272 e. The second-order valence-electron chi connectivity index (χ2n) is 7.72. The molecule has 0 bridgehead atoms. The number of carbonyl (C=O) groups is 1. The number of likely N-dealkylation sites (tertiary alicyclic amines) is 2. The van der Waals surface area contributed by atoms with Gasteiger partial charge in [0.1, 0.15) is 11.5 Å². The van der Waals surface area contributed by atoms with Gasteiger partial charge in [-0.25, -0.2) is 8.78 Å². The molecule has 0 aromatic heterocycles. The molecule has 1 unspecified atom stereocenters. The summed E-state index contributed by atoms with van der Waals surface area (Å²) in [5.74, 6) is -3.52. The van der Waals surface area contributed by atoms with Gasteiger partial charge in [-0.3, -0.25) is 9.69 Å². The fourth-order valence-electron chi connectivity index (χ4n) is 4.06. The van der Waals surface area contributed by atoms with Crippen LogP contribution >= 0.6 is 11.6 Å². The van der Waals surface area contributed by atoms with Crippen molar-refractivity contribution in [3.8, 4) is 11.5 Å². The van der Waals surface area contributed by atoms with Gasteiger partial charge in [-0.1, -0.05) is 35.9 Å². The average Bonchev–Trinajstić information content (AvgIpc) is 3.13. The predicted octanol–water partition coefficient (Wildman–Crippen LogP) is 4.18. The summed E-state index contributed by atoms with van der Waals surface area (Å²) in [5.41, 5.74) is 1.95. The lowest BCUT2D eigenvalue weighted by Crippen LogP contribution is -2.55. The number of phenolic OH excluding ortho intramolecular Hbond substituents is 2. The van der Waals surface area contributed by atoms with Crippen LogP contribution in [0.5, 0.6) is 11.5 Å². The molecule has 0 aliphatic carbocycles. The summed E-state index contributed by atoms with van der Waals surface area (Å²) in [6.45, 7) is 0.603. The normalized spacial score (nSPS) is 21.2. The standard InChI is InChI=1S/C21H21ClF2N2O3/c22-16-8-15(18(27)9-19(16)28)20(29)26-7-1-2-17(26)14-5-3-13(4-6-14)10-25-11-21(23,24)12-25/h3-6,8-9,17,27-28H,1-2,7,10-12H2. The van der Waals surface area contributed by atoms with Gasteiger partial charge in [-0.05, 0) is 30.0 Å². The van der Waals surface area contributed by atoms with Crippen molar-refractivity contribution in [2.75, 3.05) is 19.6 Å². The van der Waals surface area contributed by atoms with Crippen molar-refractivity contribution in [3.63, 3.8) is 0 Å². The van der Waals surface area contributed by atoms with Crippen molar-refractivity contribution >= 4 is 17.5 Å². The molecule has 4 rings (SSSR count). The van der Waals surface area contributed by atoms with Crippen LogP contribution in [0.15, 0.2) is 36.4 Å². The molecule has 2 aliphatic rings. The van der Waals surface area contributed by atoms with Crippen molar-refractivity contribution in [2.24, 2.45) is 0 Å². The second kappa shape index (κ2) is 7.46. The molecule has 1 amide bonds. The predicted molar refractivity (Wildman–Crippen MR) is 104 cm³/mol. The third-order valence-corrected chi connectivity index (χ3v) is 5.79. The van der Waals surface area contributed by atoms with Gasteiger partial charge in [-0.15, -0.1) is 0 Å². The van der Waals surface area contributed by atoms with E-state index in [4.69, 9.17) is 11.6 Å². The fraction of sp³-hybridized carbons (Fsp3) is 0.381. The van der Waals surface area contributed by atoms with Crippen LogP contribution < -0.4 is 0 Å². The Hall–Kier alpha value is -2.38. The van der Waals surface area contributed by atoms with Gasteiger partial charge in [-0.2, -0.15) is 0 Å². The monoisotopic (exact) mass is 422 g/mol. The number of hydrogen-bond acceptors (Lipinski definition) is 4. The number of nitrogens with zero attached hydrogens (tertiary/aromatic N) is 2. The molecule has 0 radical (unpaired) electrons. The van der Waals surface area contributed by atoms with Gasteiger partial charge >= 0.3 is 0 Å². The topological polar surface area (TPSA) is 64.0 Å².